The van der Waals surface area contributed by atoms with Crippen molar-refractivity contribution in [2.75, 3.05) is 20.3 Å². The number of carbonyl (C=O) groups excluding carboxylic acids is 2. The molecule has 3 rings (SSSR count). The van der Waals surface area contributed by atoms with Crippen molar-refractivity contribution < 1.29 is 32.2 Å². The summed E-state index contributed by atoms with van der Waals surface area (Å²) in [6.07, 6.45) is -1.37. The molecule has 0 bridgehead atoms. The summed E-state index contributed by atoms with van der Waals surface area (Å²) < 4.78 is 52.7. The molecule has 1 amide bonds. The van der Waals surface area contributed by atoms with Gasteiger partial charge < -0.3 is 14.4 Å². The highest BCUT2D eigenvalue weighted by molar-refractivity contribution is 5.79. The lowest BCUT2D eigenvalue weighted by Crippen LogP contribution is -2.33. The summed E-state index contributed by atoms with van der Waals surface area (Å²) in [6, 6.07) is 10.2. The third kappa shape index (κ3) is 6.65. The third-order valence-corrected chi connectivity index (χ3v) is 5.59. The Bertz CT molecular complexity index is 1190. The lowest BCUT2D eigenvalue weighted by Gasteiger charge is -2.24. The minimum Gasteiger partial charge on any atom is -0.496 e. The number of nitrogens with zero attached hydrogens (tertiary/aromatic N) is 3. The number of methoxy groups -OCH3 is 1. The molecule has 3 aromatic rings. The number of hydrogen-bond acceptors (Lipinski definition) is 5. The standard InChI is InChI=1S/C26H28F3N3O4/c1-4-31(24(33)17-32-12-6-11-30-32)16-19-15-20(26(27,28)29)8-9-21(19)22-13-18(7-10-23(22)35-3)14-25(34)36-5-2/h6-13,15H,4-5,14,16-17H2,1-3H3. The van der Waals surface area contributed by atoms with Crippen molar-refractivity contribution in [1.29, 1.82) is 0 Å². The Balaban J connectivity index is 2.04. The van der Waals surface area contributed by atoms with Gasteiger partial charge in [0.1, 0.15) is 12.3 Å². The molecule has 0 unspecified atom stereocenters. The third-order valence-electron chi connectivity index (χ3n) is 5.59. The smallest absolute Gasteiger partial charge is 0.416 e. The fourth-order valence-electron chi connectivity index (χ4n) is 3.83. The van der Waals surface area contributed by atoms with Crippen LogP contribution in [0.2, 0.25) is 0 Å². The molecule has 0 aliphatic carbocycles. The van der Waals surface area contributed by atoms with Gasteiger partial charge in [0.25, 0.3) is 0 Å². The van der Waals surface area contributed by atoms with Crippen LogP contribution in [-0.4, -0.2) is 46.8 Å². The van der Waals surface area contributed by atoms with Crippen molar-refractivity contribution in [3.8, 4) is 16.9 Å². The van der Waals surface area contributed by atoms with E-state index in [1.807, 2.05) is 0 Å². The summed E-state index contributed by atoms with van der Waals surface area (Å²) in [4.78, 5) is 26.4. The van der Waals surface area contributed by atoms with Gasteiger partial charge in [-0.3, -0.25) is 14.3 Å². The minimum absolute atomic E-state index is 0.00421. The highest BCUT2D eigenvalue weighted by Crippen LogP contribution is 2.38. The molecule has 0 radical (unpaired) electrons. The molecular weight excluding hydrogens is 475 g/mol. The number of alkyl halides is 3. The maximum absolute atomic E-state index is 13.6. The molecule has 0 aliphatic heterocycles. The molecule has 36 heavy (non-hydrogen) atoms. The molecule has 1 aromatic heterocycles. The molecule has 192 valence electrons. The molecule has 10 heteroatoms. The van der Waals surface area contributed by atoms with E-state index in [1.165, 1.54) is 22.8 Å². The van der Waals surface area contributed by atoms with Gasteiger partial charge in [-0.1, -0.05) is 12.1 Å². The van der Waals surface area contributed by atoms with Crippen molar-refractivity contribution in [2.24, 2.45) is 0 Å². The van der Waals surface area contributed by atoms with Gasteiger partial charge in [-0.15, -0.1) is 0 Å². The van der Waals surface area contributed by atoms with Crippen molar-refractivity contribution in [3.05, 3.63) is 71.5 Å². The van der Waals surface area contributed by atoms with Crippen LogP contribution < -0.4 is 4.74 Å². The Hall–Kier alpha value is -3.82. The quantitative estimate of drug-likeness (QED) is 0.374. The van der Waals surface area contributed by atoms with Crippen LogP contribution in [0, 0.1) is 0 Å². The van der Waals surface area contributed by atoms with Crippen LogP contribution >= 0.6 is 0 Å². The van der Waals surface area contributed by atoms with Crippen LogP contribution in [-0.2, 0) is 40.0 Å². The molecule has 0 spiro atoms. The van der Waals surface area contributed by atoms with E-state index in [0.29, 0.717) is 28.0 Å². The molecule has 2 aromatic carbocycles. The number of halogens is 3. The summed E-state index contributed by atoms with van der Waals surface area (Å²) in [6.45, 7) is 3.91. The number of likely N-dealkylation sites (N-methyl/N-ethyl adjacent to an activating group) is 1. The second-order valence-corrected chi connectivity index (χ2v) is 8.00. The molecule has 0 saturated carbocycles. The Morgan fingerprint density at radius 3 is 2.47 bits per heavy atom. The molecule has 0 aliphatic rings. The summed E-state index contributed by atoms with van der Waals surface area (Å²) in [5, 5.41) is 4.03. The summed E-state index contributed by atoms with van der Waals surface area (Å²) in [5.41, 5.74) is 1.08. The number of amides is 1. The minimum atomic E-state index is -4.56. The van der Waals surface area contributed by atoms with E-state index in [4.69, 9.17) is 9.47 Å². The number of benzene rings is 2. The molecule has 1 heterocycles. The molecule has 0 atom stereocenters. The Morgan fingerprint density at radius 2 is 1.86 bits per heavy atom. The molecule has 0 saturated heterocycles. The fraction of sp³-hybridized carbons (Fsp3) is 0.346. The highest BCUT2D eigenvalue weighted by atomic mass is 19.4. The average molecular weight is 504 g/mol. The van der Waals surface area contributed by atoms with Crippen LogP contribution in [0.15, 0.2) is 54.9 Å². The second-order valence-electron chi connectivity index (χ2n) is 8.00. The van der Waals surface area contributed by atoms with Gasteiger partial charge in [0.05, 0.1) is 25.7 Å². The van der Waals surface area contributed by atoms with E-state index >= 15 is 0 Å². The van der Waals surface area contributed by atoms with E-state index in [-0.39, 0.29) is 38.6 Å². The maximum atomic E-state index is 13.6. The summed E-state index contributed by atoms with van der Waals surface area (Å²) in [7, 11) is 1.46. The predicted molar refractivity (Wildman–Crippen MR) is 127 cm³/mol. The van der Waals surface area contributed by atoms with E-state index in [9.17, 15) is 22.8 Å². The maximum Gasteiger partial charge on any atom is 0.416 e. The van der Waals surface area contributed by atoms with E-state index in [2.05, 4.69) is 5.10 Å². The SMILES string of the molecule is CCOC(=O)Cc1ccc(OC)c(-c2ccc(C(F)(F)F)cc2CN(CC)C(=O)Cn2cccn2)c1. The monoisotopic (exact) mass is 503 g/mol. The van der Waals surface area contributed by atoms with Gasteiger partial charge >= 0.3 is 12.1 Å². The molecule has 0 N–H and O–H groups in total. The molecule has 0 fully saturated rings. The lowest BCUT2D eigenvalue weighted by atomic mass is 9.94. The first-order chi connectivity index (χ1) is 17.2. The topological polar surface area (TPSA) is 73.7 Å². The zero-order valence-electron chi connectivity index (χ0n) is 20.3. The average Bonchev–Trinajstić information content (AvgIpc) is 3.35. The van der Waals surface area contributed by atoms with E-state index in [0.717, 1.165) is 12.1 Å². The van der Waals surface area contributed by atoms with E-state index < -0.39 is 17.7 Å². The first-order valence-electron chi connectivity index (χ1n) is 11.4. The van der Waals surface area contributed by atoms with Crippen LogP contribution in [0.4, 0.5) is 13.2 Å². The molecular formula is C26H28F3N3O4. The zero-order chi connectivity index (χ0) is 26.3. The highest BCUT2D eigenvalue weighted by Gasteiger charge is 2.31. The van der Waals surface area contributed by atoms with Crippen molar-refractivity contribution in [2.45, 2.75) is 39.5 Å². The number of esters is 1. The number of hydrogen-bond donors (Lipinski definition) is 0. The van der Waals surface area contributed by atoms with Gasteiger partial charge in [0.2, 0.25) is 5.91 Å². The Labute approximate surface area is 207 Å². The van der Waals surface area contributed by atoms with Crippen molar-refractivity contribution in [1.82, 2.24) is 14.7 Å². The number of ether oxygens (including phenoxy) is 2. The van der Waals surface area contributed by atoms with Gasteiger partial charge in [0, 0.05) is 31.0 Å². The fourth-order valence-corrected chi connectivity index (χ4v) is 3.83. The lowest BCUT2D eigenvalue weighted by molar-refractivity contribution is -0.142. The van der Waals surface area contributed by atoms with Crippen LogP contribution in [0.5, 0.6) is 5.75 Å². The number of rotatable bonds is 10. The molecule has 7 nitrogen and oxygen atoms in total. The Kier molecular flexibility index (Phi) is 8.73. The summed E-state index contributed by atoms with van der Waals surface area (Å²) in [5.74, 6) is -0.273. The van der Waals surface area contributed by atoms with Gasteiger partial charge in [-0.25, -0.2) is 0 Å². The largest absolute Gasteiger partial charge is 0.496 e. The van der Waals surface area contributed by atoms with E-state index in [1.54, 1.807) is 50.5 Å². The Morgan fingerprint density at radius 1 is 1.08 bits per heavy atom. The number of carbonyl (C=O) groups is 2. The van der Waals surface area contributed by atoms with Crippen molar-refractivity contribution >= 4 is 11.9 Å². The first kappa shape index (κ1) is 26.8. The second kappa shape index (κ2) is 11.7. The van der Waals surface area contributed by atoms with Gasteiger partial charge in [0.15, 0.2) is 0 Å². The first-order valence-corrected chi connectivity index (χ1v) is 11.4. The van der Waals surface area contributed by atoms with Gasteiger partial charge in [-0.05, 0) is 60.9 Å². The zero-order valence-corrected chi connectivity index (χ0v) is 20.3. The normalized spacial score (nSPS) is 11.3. The number of aromatic nitrogens is 2. The summed E-state index contributed by atoms with van der Waals surface area (Å²) >= 11 is 0. The van der Waals surface area contributed by atoms with Crippen LogP contribution in [0.1, 0.15) is 30.5 Å². The predicted octanol–water partition coefficient (Wildman–Crippen LogP) is 4.73. The van der Waals surface area contributed by atoms with Crippen LogP contribution in [0.25, 0.3) is 11.1 Å². The van der Waals surface area contributed by atoms with Crippen LogP contribution in [0.3, 0.4) is 0 Å². The van der Waals surface area contributed by atoms with Crippen molar-refractivity contribution in [3.63, 3.8) is 0 Å². The van der Waals surface area contributed by atoms with Gasteiger partial charge in [-0.2, -0.15) is 18.3 Å².